The van der Waals surface area contributed by atoms with Crippen LogP contribution in [-0.4, -0.2) is 23.1 Å². The summed E-state index contributed by atoms with van der Waals surface area (Å²) in [5.74, 6) is -0.422. The lowest BCUT2D eigenvalue weighted by Gasteiger charge is -2.35. The van der Waals surface area contributed by atoms with Crippen LogP contribution in [0.2, 0.25) is 0 Å². The third-order valence-corrected chi connectivity index (χ3v) is 2.72. The Labute approximate surface area is 96.4 Å². The molecule has 0 saturated carbocycles. The molecular formula is C11H22N2O3. The van der Waals surface area contributed by atoms with Crippen molar-refractivity contribution >= 4 is 12.0 Å². The molecule has 16 heavy (non-hydrogen) atoms. The first-order valence-electron chi connectivity index (χ1n) is 5.26. The standard InChI is InChI=1S/C11H22N2O3/c1-10(2,3)7(13-9(15)16)6-11(4,5)8(12)14/h7,13H,6H2,1-5H3,(H2,12,14)(H,15,16). The molecule has 0 rings (SSSR count). The van der Waals surface area contributed by atoms with E-state index in [1.807, 2.05) is 20.8 Å². The Hall–Kier alpha value is -1.26. The van der Waals surface area contributed by atoms with Crippen LogP contribution in [0.1, 0.15) is 41.0 Å². The average Bonchev–Trinajstić information content (AvgIpc) is 1.99. The van der Waals surface area contributed by atoms with Crippen molar-refractivity contribution in [3.05, 3.63) is 0 Å². The van der Waals surface area contributed by atoms with E-state index in [9.17, 15) is 9.59 Å². The van der Waals surface area contributed by atoms with Gasteiger partial charge in [0.2, 0.25) is 5.91 Å². The van der Waals surface area contributed by atoms with E-state index in [1.165, 1.54) is 0 Å². The van der Waals surface area contributed by atoms with Crippen molar-refractivity contribution in [1.82, 2.24) is 5.32 Å². The van der Waals surface area contributed by atoms with Crippen molar-refractivity contribution < 1.29 is 14.7 Å². The molecule has 0 saturated heterocycles. The first-order chi connectivity index (χ1) is 6.97. The van der Waals surface area contributed by atoms with Gasteiger partial charge in [-0.15, -0.1) is 0 Å². The van der Waals surface area contributed by atoms with Crippen LogP contribution in [0.25, 0.3) is 0 Å². The van der Waals surface area contributed by atoms with E-state index in [1.54, 1.807) is 13.8 Å². The smallest absolute Gasteiger partial charge is 0.404 e. The van der Waals surface area contributed by atoms with E-state index in [-0.39, 0.29) is 11.5 Å². The van der Waals surface area contributed by atoms with Crippen LogP contribution >= 0.6 is 0 Å². The second-order valence-electron chi connectivity index (χ2n) is 5.82. The second kappa shape index (κ2) is 4.72. The maximum atomic E-state index is 11.2. The van der Waals surface area contributed by atoms with Gasteiger partial charge < -0.3 is 16.2 Å². The fourth-order valence-corrected chi connectivity index (χ4v) is 1.33. The van der Waals surface area contributed by atoms with Gasteiger partial charge in [-0.25, -0.2) is 4.79 Å². The average molecular weight is 230 g/mol. The number of carbonyl (C=O) groups is 2. The molecule has 1 atom stereocenters. The number of amides is 2. The number of carboxylic acid groups (broad SMARTS) is 1. The number of carbonyl (C=O) groups excluding carboxylic acids is 1. The van der Waals surface area contributed by atoms with E-state index >= 15 is 0 Å². The molecule has 5 nitrogen and oxygen atoms in total. The molecule has 4 N–H and O–H groups in total. The second-order valence-corrected chi connectivity index (χ2v) is 5.82. The molecule has 0 aliphatic heterocycles. The molecule has 0 aromatic carbocycles. The minimum atomic E-state index is -1.08. The zero-order valence-electron chi connectivity index (χ0n) is 10.6. The van der Waals surface area contributed by atoms with Gasteiger partial charge in [-0.3, -0.25) is 4.79 Å². The van der Waals surface area contributed by atoms with Gasteiger partial charge in [0, 0.05) is 11.5 Å². The molecule has 0 aromatic heterocycles. The molecule has 2 amide bonds. The van der Waals surface area contributed by atoms with Crippen LogP contribution in [0, 0.1) is 10.8 Å². The van der Waals surface area contributed by atoms with Gasteiger partial charge in [-0.2, -0.15) is 0 Å². The van der Waals surface area contributed by atoms with Gasteiger partial charge in [0.15, 0.2) is 0 Å². The van der Waals surface area contributed by atoms with Crippen molar-refractivity contribution in [3.63, 3.8) is 0 Å². The van der Waals surface area contributed by atoms with Crippen LogP contribution in [0.5, 0.6) is 0 Å². The lowest BCUT2D eigenvalue weighted by atomic mass is 9.75. The van der Waals surface area contributed by atoms with E-state index in [0.29, 0.717) is 6.42 Å². The van der Waals surface area contributed by atoms with E-state index < -0.39 is 17.4 Å². The van der Waals surface area contributed by atoms with Crippen LogP contribution in [0.4, 0.5) is 4.79 Å². The summed E-state index contributed by atoms with van der Waals surface area (Å²) in [5, 5.41) is 11.2. The summed E-state index contributed by atoms with van der Waals surface area (Å²) < 4.78 is 0. The minimum absolute atomic E-state index is 0.259. The summed E-state index contributed by atoms with van der Waals surface area (Å²) in [6.45, 7) is 9.20. The van der Waals surface area contributed by atoms with Crippen molar-refractivity contribution in [2.24, 2.45) is 16.6 Å². The zero-order chi connectivity index (χ0) is 13.1. The number of hydrogen-bond acceptors (Lipinski definition) is 2. The van der Waals surface area contributed by atoms with E-state index in [4.69, 9.17) is 10.8 Å². The van der Waals surface area contributed by atoms with E-state index in [0.717, 1.165) is 0 Å². The lowest BCUT2D eigenvalue weighted by molar-refractivity contribution is -0.126. The molecule has 0 aromatic rings. The summed E-state index contributed by atoms with van der Waals surface area (Å²) in [4.78, 5) is 21.9. The van der Waals surface area contributed by atoms with Crippen LogP contribution in [-0.2, 0) is 4.79 Å². The molecule has 1 unspecified atom stereocenters. The molecule has 5 heteroatoms. The monoisotopic (exact) mass is 230 g/mol. The Morgan fingerprint density at radius 2 is 1.69 bits per heavy atom. The molecule has 0 aliphatic rings. The minimum Gasteiger partial charge on any atom is -0.465 e. The molecule has 0 radical (unpaired) electrons. The molecule has 0 fully saturated rings. The van der Waals surface area contributed by atoms with Gasteiger partial charge in [-0.05, 0) is 11.8 Å². The van der Waals surface area contributed by atoms with Crippen molar-refractivity contribution in [1.29, 1.82) is 0 Å². The summed E-state index contributed by atoms with van der Waals surface area (Å²) in [5.41, 5.74) is 4.30. The Morgan fingerprint density at radius 3 is 1.94 bits per heavy atom. The molecule has 94 valence electrons. The molecule has 0 bridgehead atoms. The maximum absolute atomic E-state index is 11.2. The third kappa shape index (κ3) is 4.51. The summed E-state index contributed by atoms with van der Waals surface area (Å²) in [6, 6.07) is -0.313. The first kappa shape index (κ1) is 14.7. The zero-order valence-corrected chi connectivity index (χ0v) is 10.6. The Balaban J connectivity index is 4.81. The first-order valence-corrected chi connectivity index (χ1v) is 5.26. The van der Waals surface area contributed by atoms with Crippen LogP contribution < -0.4 is 11.1 Å². The summed E-state index contributed by atoms with van der Waals surface area (Å²) >= 11 is 0. The fraction of sp³-hybridized carbons (Fsp3) is 0.818. The van der Waals surface area contributed by atoms with Gasteiger partial charge in [0.1, 0.15) is 0 Å². The van der Waals surface area contributed by atoms with Crippen molar-refractivity contribution in [2.45, 2.75) is 47.1 Å². The summed E-state index contributed by atoms with van der Waals surface area (Å²) in [6.07, 6.45) is -0.696. The van der Waals surface area contributed by atoms with Crippen LogP contribution in [0.3, 0.4) is 0 Å². The highest BCUT2D eigenvalue weighted by Gasteiger charge is 2.35. The van der Waals surface area contributed by atoms with Gasteiger partial charge in [0.25, 0.3) is 0 Å². The highest BCUT2D eigenvalue weighted by Crippen LogP contribution is 2.30. The number of hydrogen-bond donors (Lipinski definition) is 3. The van der Waals surface area contributed by atoms with Gasteiger partial charge in [0.05, 0.1) is 0 Å². The number of nitrogens with one attached hydrogen (secondary N) is 1. The largest absolute Gasteiger partial charge is 0.465 e. The molecule has 0 aliphatic carbocycles. The van der Waals surface area contributed by atoms with E-state index in [2.05, 4.69) is 5.32 Å². The fourth-order valence-electron chi connectivity index (χ4n) is 1.33. The molecular weight excluding hydrogens is 208 g/mol. The predicted octanol–water partition coefficient (Wildman–Crippen LogP) is 1.57. The third-order valence-electron chi connectivity index (χ3n) is 2.72. The lowest BCUT2D eigenvalue weighted by Crippen LogP contribution is -2.48. The number of primary amides is 1. The Bertz CT molecular complexity index is 279. The number of nitrogens with two attached hydrogens (primary N) is 1. The quantitative estimate of drug-likeness (QED) is 0.684. The van der Waals surface area contributed by atoms with Gasteiger partial charge >= 0.3 is 6.09 Å². The van der Waals surface area contributed by atoms with Crippen molar-refractivity contribution in [3.8, 4) is 0 Å². The Morgan fingerprint density at radius 1 is 1.25 bits per heavy atom. The Kier molecular flexibility index (Phi) is 4.35. The SMILES string of the molecule is CC(C)(CC(NC(=O)O)C(C)(C)C)C(N)=O. The molecule has 0 heterocycles. The highest BCUT2D eigenvalue weighted by molar-refractivity contribution is 5.80. The number of rotatable bonds is 4. The topological polar surface area (TPSA) is 92.4 Å². The molecule has 0 spiro atoms. The predicted molar refractivity (Wildman–Crippen MR) is 62.0 cm³/mol. The van der Waals surface area contributed by atoms with Crippen LogP contribution in [0.15, 0.2) is 0 Å². The maximum Gasteiger partial charge on any atom is 0.404 e. The van der Waals surface area contributed by atoms with Crippen molar-refractivity contribution in [2.75, 3.05) is 0 Å². The van der Waals surface area contributed by atoms with Gasteiger partial charge in [-0.1, -0.05) is 34.6 Å². The highest BCUT2D eigenvalue weighted by atomic mass is 16.4. The summed E-state index contributed by atoms with van der Waals surface area (Å²) in [7, 11) is 0. The normalized spacial score (nSPS) is 14.3.